The third-order valence-corrected chi connectivity index (χ3v) is 6.57. The number of nitriles is 2. The Morgan fingerprint density at radius 2 is 1.61 bits per heavy atom. The molecule has 0 N–H and O–H groups in total. The minimum Gasteiger partial charge on any atom is -0.357 e. The summed E-state index contributed by atoms with van der Waals surface area (Å²) in [6, 6.07) is 21.3. The molecule has 6 heteroatoms. The lowest BCUT2D eigenvalue weighted by Gasteiger charge is -2.34. The molecule has 0 amide bonds. The summed E-state index contributed by atoms with van der Waals surface area (Å²) >= 11 is 0. The number of carbonyl (C=O) groups is 1. The standard InChI is InChI=1S/C27H17F2N3O/c28-19-10-11-21(22(29)14-19)23-24(25(33)18-7-2-1-3-8-18)32-13-12-17-6-4-5-9-20(17)26(32)27(23,15-30)16-31/h1-14,23-24,26H/t23-,24+,26-/m1/s1. The van der Waals surface area contributed by atoms with Crippen molar-refractivity contribution in [1.82, 2.24) is 4.90 Å². The molecule has 0 saturated carbocycles. The summed E-state index contributed by atoms with van der Waals surface area (Å²) < 4.78 is 28.9. The second-order valence-corrected chi connectivity index (χ2v) is 8.21. The zero-order chi connectivity index (χ0) is 23.2. The molecule has 0 bridgehead atoms. The molecule has 2 aliphatic rings. The molecule has 0 spiro atoms. The number of hydrogen-bond donors (Lipinski definition) is 0. The maximum atomic E-state index is 15.1. The Morgan fingerprint density at radius 1 is 0.909 bits per heavy atom. The van der Waals surface area contributed by atoms with Gasteiger partial charge in [-0.25, -0.2) is 8.78 Å². The van der Waals surface area contributed by atoms with Crippen LogP contribution in [0.25, 0.3) is 6.08 Å². The van der Waals surface area contributed by atoms with Crippen molar-refractivity contribution in [3.63, 3.8) is 0 Å². The summed E-state index contributed by atoms with van der Waals surface area (Å²) in [7, 11) is 0. The van der Waals surface area contributed by atoms with Gasteiger partial charge < -0.3 is 4.90 Å². The SMILES string of the molecule is N#CC1(C#N)[C@H](c2ccc(F)cc2F)[C@@H](C(=O)c2ccccc2)N2C=Cc3ccccc3[C@@H]21. The van der Waals surface area contributed by atoms with Crippen molar-refractivity contribution in [2.24, 2.45) is 5.41 Å². The van der Waals surface area contributed by atoms with Crippen LogP contribution in [0.15, 0.2) is 79.0 Å². The van der Waals surface area contributed by atoms with Gasteiger partial charge in [0.15, 0.2) is 11.2 Å². The maximum Gasteiger partial charge on any atom is 0.185 e. The van der Waals surface area contributed by atoms with Crippen LogP contribution in [0.4, 0.5) is 8.78 Å². The predicted octanol–water partition coefficient (Wildman–Crippen LogP) is 5.37. The van der Waals surface area contributed by atoms with E-state index in [1.165, 1.54) is 6.07 Å². The number of ketones is 1. The van der Waals surface area contributed by atoms with Gasteiger partial charge in [-0.3, -0.25) is 4.79 Å². The molecule has 0 aliphatic carbocycles. The van der Waals surface area contributed by atoms with Crippen LogP contribution in [0.3, 0.4) is 0 Å². The summed E-state index contributed by atoms with van der Waals surface area (Å²) in [6.07, 6.45) is 3.52. The van der Waals surface area contributed by atoms with Crippen molar-refractivity contribution < 1.29 is 13.6 Å². The van der Waals surface area contributed by atoms with E-state index in [1.54, 1.807) is 47.5 Å². The topological polar surface area (TPSA) is 67.9 Å². The highest BCUT2D eigenvalue weighted by Gasteiger charge is 2.64. The molecule has 2 heterocycles. The molecule has 0 unspecified atom stereocenters. The highest BCUT2D eigenvalue weighted by Crippen LogP contribution is 2.60. The molecular weight excluding hydrogens is 420 g/mol. The van der Waals surface area contributed by atoms with Crippen LogP contribution >= 0.6 is 0 Å². The summed E-state index contributed by atoms with van der Waals surface area (Å²) in [5.41, 5.74) is 0.0785. The Labute approximate surface area is 189 Å². The van der Waals surface area contributed by atoms with Gasteiger partial charge in [0, 0.05) is 23.7 Å². The van der Waals surface area contributed by atoms with E-state index in [0.29, 0.717) is 11.1 Å². The molecule has 160 valence electrons. The fraction of sp³-hybridized carbons (Fsp3) is 0.148. The van der Waals surface area contributed by atoms with Gasteiger partial charge in [-0.15, -0.1) is 0 Å². The first kappa shape index (κ1) is 20.6. The van der Waals surface area contributed by atoms with Gasteiger partial charge >= 0.3 is 0 Å². The van der Waals surface area contributed by atoms with E-state index in [9.17, 15) is 19.7 Å². The zero-order valence-electron chi connectivity index (χ0n) is 17.3. The largest absolute Gasteiger partial charge is 0.357 e. The molecule has 2 aliphatic heterocycles. The minimum atomic E-state index is -1.80. The molecule has 1 fully saturated rings. The van der Waals surface area contributed by atoms with Gasteiger partial charge in [0.05, 0.1) is 18.2 Å². The number of halogens is 2. The number of hydrogen-bond acceptors (Lipinski definition) is 4. The Hall–Kier alpha value is -4.29. The van der Waals surface area contributed by atoms with E-state index in [0.717, 1.165) is 17.7 Å². The zero-order valence-corrected chi connectivity index (χ0v) is 17.3. The van der Waals surface area contributed by atoms with Crippen LogP contribution in [0.2, 0.25) is 0 Å². The van der Waals surface area contributed by atoms with Crippen molar-refractivity contribution in [1.29, 1.82) is 10.5 Å². The Balaban J connectivity index is 1.80. The lowest BCUT2D eigenvalue weighted by molar-refractivity contribution is 0.0874. The molecule has 5 rings (SSSR count). The van der Waals surface area contributed by atoms with E-state index >= 15 is 4.39 Å². The number of fused-ring (bicyclic) bond motifs is 3. The minimum absolute atomic E-state index is 0.0333. The van der Waals surface area contributed by atoms with Gasteiger partial charge in [0.25, 0.3) is 0 Å². The average Bonchev–Trinajstić information content (AvgIpc) is 3.15. The van der Waals surface area contributed by atoms with Crippen LogP contribution in [-0.4, -0.2) is 16.7 Å². The van der Waals surface area contributed by atoms with Gasteiger partial charge in [0.2, 0.25) is 0 Å². The summed E-state index contributed by atoms with van der Waals surface area (Å²) in [5.74, 6) is -3.16. The van der Waals surface area contributed by atoms with E-state index in [1.807, 2.05) is 24.3 Å². The normalized spacial score (nSPS) is 22.1. The van der Waals surface area contributed by atoms with Crippen LogP contribution in [0.5, 0.6) is 0 Å². The van der Waals surface area contributed by atoms with Crippen molar-refractivity contribution in [3.8, 4) is 12.1 Å². The number of rotatable bonds is 3. The van der Waals surface area contributed by atoms with Crippen molar-refractivity contribution in [2.75, 3.05) is 0 Å². The quantitative estimate of drug-likeness (QED) is 0.517. The monoisotopic (exact) mass is 437 g/mol. The second kappa shape index (κ2) is 7.69. The van der Waals surface area contributed by atoms with Crippen LogP contribution < -0.4 is 0 Å². The van der Waals surface area contributed by atoms with Crippen LogP contribution in [0.1, 0.15) is 39.0 Å². The first-order valence-electron chi connectivity index (χ1n) is 10.4. The lowest BCUT2D eigenvalue weighted by Crippen LogP contribution is -2.38. The van der Waals surface area contributed by atoms with Gasteiger partial charge in [0.1, 0.15) is 17.7 Å². The second-order valence-electron chi connectivity index (χ2n) is 8.21. The predicted molar refractivity (Wildman–Crippen MR) is 117 cm³/mol. The highest BCUT2D eigenvalue weighted by molar-refractivity contribution is 6.01. The summed E-state index contributed by atoms with van der Waals surface area (Å²) in [5, 5.41) is 20.8. The van der Waals surface area contributed by atoms with Crippen molar-refractivity contribution >= 4 is 11.9 Å². The van der Waals surface area contributed by atoms with Crippen LogP contribution in [0, 0.1) is 39.7 Å². The van der Waals surface area contributed by atoms with Crippen molar-refractivity contribution in [3.05, 3.63) is 113 Å². The van der Waals surface area contributed by atoms with Crippen molar-refractivity contribution in [2.45, 2.75) is 18.0 Å². The Kier molecular flexibility index (Phi) is 4.80. The number of carbonyl (C=O) groups excluding carboxylic acids is 1. The van der Waals surface area contributed by atoms with Gasteiger partial charge in [-0.05, 0) is 28.8 Å². The molecule has 3 aromatic carbocycles. The molecule has 0 radical (unpaired) electrons. The molecule has 33 heavy (non-hydrogen) atoms. The first-order chi connectivity index (χ1) is 16.0. The van der Waals surface area contributed by atoms with Gasteiger partial charge in [-0.1, -0.05) is 60.7 Å². The molecule has 0 aromatic heterocycles. The lowest BCUT2D eigenvalue weighted by atomic mass is 9.67. The third-order valence-electron chi connectivity index (χ3n) is 6.57. The number of nitrogens with zero attached hydrogens (tertiary/aromatic N) is 3. The van der Waals surface area contributed by atoms with E-state index in [-0.39, 0.29) is 11.3 Å². The Morgan fingerprint density at radius 3 is 2.30 bits per heavy atom. The molecule has 3 atom stereocenters. The molecular formula is C27H17F2N3O. The summed E-state index contributed by atoms with van der Waals surface area (Å²) in [4.78, 5) is 15.5. The molecule has 4 nitrogen and oxygen atoms in total. The molecule has 3 aromatic rings. The maximum absolute atomic E-state index is 15.1. The number of Topliss-reactive ketones (excluding diaryl/α,β-unsaturated/α-hetero) is 1. The van der Waals surface area contributed by atoms with Gasteiger partial charge in [-0.2, -0.15) is 10.5 Å². The fourth-order valence-electron chi connectivity index (χ4n) is 5.17. The smallest absolute Gasteiger partial charge is 0.185 e. The van der Waals surface area contributed by atoms with E-state index < -0.39 is 35.1 Å². The first-order valence-corrected chi connectivity index (χ1v) is 10.4. The highest BCUT2D eigenvalue weighted by atomic mass is 19.1. The Bertz CT molecular complexity index is 1360. The average molecular weight is 437 g/mol. The summed E-state index contributed by atoms with van der Waals surface area (Å²) in [6.45, 7) is 0. The fourth-order valence-corrected chi connectivity index (χ4v) is 5.17. The third kappa shape index (κ3) is 2.96. The molecule has 1 saturated heterocycles. The van der Waals surface area contributed by atoms with E-state index in [2.05, 4.69) is 12.1 Å². The van der Waals surface area contributed by atoms with E-state index in [4.69, 9.17) is 0 Å². The number of benzene rings is 3. The van der Waals surface area contributed by atoms with Crippen LogP contribution in [-0.2, 0) is 0 Å².